The molecule has 0 saturated carbocycles. The highest BCUT2D eigenvalue weighted by Gasteiger charge is 2.30. The number of hydrogen-bond donors (Lipinski definition) is 4. The molecule has 0 fully saturated rings. The van der Waals surface area contributed by atoms with Crippen LogP contribution in [0.2, 0.25) is 5.02 Å². The quantitative estimate of drug-likeness (QED) is 0.358. The summed E-state index contributed by atoms with van der Waals surface area (Å²) in [6.45, 7) is -0.562. The maximum Gasteiger partial charge on any atom is 0.416 e. The molecule has 3 amide bonds. The van der Waals surface area contributed by atoms with Gasteiger partial charge >= 0.3 is 12.2 Å². The Morgan fingerprint density at radius 2 is 1.88 bits per heavy atom. The Balaban J connectivity index is 1.44. The van der Waals surface area contributed by atoms with E-state index < -0.39 is 29.8 Å². The van der Waals surface area contributed by atoms with E-state index in [1.807, 2.05) is 0 Å². The third-order valence-electron chi connectivity index (χ3n) is 4.32. The van der Waals surface area contributed by atoms with E-state index in [0.29, 0.717) is 11.4 Å². The van der Waals surface area contributed by atoms with Crippen LogP contribution < -0.4 is 20.7 Å². The number of alkyl halides is 3. The van der Waals surface area contributed by atoms with Crippen LogP contribution in [-0.2, 0) is 6.18 Å². The minimum absolute atomic E-state index is 0.0628. The minimum atomic E-state index is -4.51. The van der Waals surface area contributed by atoms with Crippen LogP contribution in [0.4, 0.5) is 29.3 Å². The van der Waals surface area contributed by atoms with Crippen molar-refractivity contribution in [3.05, 3.63) is 77.2 Å². The topological polar surface area (TPSA) is 113 Å². The predicted octanol–water partition coefficient (Wildman–Crippen LogP) is 4.77. The molecule has 1 atom stereocenters. The number of hydrogen-bond acceptors (Lipinski definition) is 5. The van der Waals surface area contributed by atoms with Gasteiger partial charge < -0.3 is 30.2 Å². The van der Waals surface area contributed by atoms with Gasteiger partial charge in [0.1, 0.15) is 18.5 Å². The number of aliphatic hydroxyl groups is 1. The number of urea groups is 1. The van der Waals surface area contributed by atoms with E-state index in [0.717, 1.165) is 12.1 Å². The Labute approximate surface area is 196 Å². The number of amides is 3. The number of anilines is 2. The zero-order chi connectivity index (χ0) is 24.7. The van der Waals surface area contributed by atoms with Gasteiger partial charge in [0.2, 0.25) is 0 Å². The van der Waals surface area contributed by atoms with Crippen molar-refractivity contribution in [2.24, 2.45) is 0 Å². The fourth-order valence-electron chi connectivity index (χ4n) is 2.69. The molecule has 3 rings (SSSR count). The van der Waals surface area contributed by atoms with Gasteiger partial charge in [-0.15, -0.1) is 0 Å². The molecule has 0 radical (unpaired) electrons. The molecule has 8 nitrogen and oxygen atoms in total. The summed E-state index contributed by atoms with van der Waals surface area (Å²) in [4.78, 5) is 24.1. The summed E-state index contributed by atoms with van der Waals surface area (Å²) in [6.07, 6.45) is -4.33. The largest absolute Gasteiger partial charge is 0.491 e. The normalized spacial score (nSPS) is 12.0. The van der Waals surface area contributed by atoms with Crippen molar-refractivity contribution in [2.45, 2.75) is 12.3 Å². The SMILES string of the molecule is O=C(NCC(O)COc1cccc(C(F)(F)F)c1)Nc1ccc(NC(=O)c2ccco2)c(Cl)c1. The second kappa shape index (κ2) is 10.9. The van der Waals surface area contributed by atoms with Crippen LogP contribution in [0, 0.1) is 0 Å². The molecule has 1 heterocycles. The fraction of sp³-hybridized carbons (Fsp3) is 0.182. The Bertz CT molecular complexity index is 1140. The van der Waals surface area contributed by atoms with Crippen molar-refractivity contribution in [1.29, 1.82) is 0 Å². The van der Waals surface area contributed by atoms with Crippen molar-refractivity contribution < 1.29 is 37.0 Å². The highest BCUT2D eigenvalue weighted by molar-refractivity contribution is 6.34. The summed E-state index contributed by atoms with van der Waals surface area (Å²) in [5.41, 5.74) is -0.258. The molecule has 1 aromatic heterocycles. The van der Waals surface area contributed by atoms with Crippen molar-refractivity contribution in [2.75, 3.05) is 23.8 Å². The van der Waals surface area contributed by atoms with E-state index in [9.17, 15) is 27.9 Å². The molecule has 0 spiro atoms. The maximum atomic E-state index is 12.7. The van der Waals surface area contributed by atoms with Gasteiger partial charge in [-0.05, 0) is 48.5 Å². The number of benzene rings is 2. The average Bonchev–Trinajstić information content (AvgIpc) is 3.33. The highest BCUT2D eigenvalue weighted by atomic mass is 35.5. The first-order valence-corrected chi connectivity index (χ1v) is 10.2. The molecule has 180 valence electrons. The van der Waals surface area contributed by atoms with E-state index in [1.54, 1.807) is 6.07 Å². The number of halogens is 4. The number of furan rings is 1. The third-order valence-corrected chi connectivity index (χ3v) is 4.63. The zero-order valence-electron chi connectivity index (χ0n) is 17.4. The lowest BCUT2D eigenvalue weighted by Crippen LogP contribution is -2.37. The van der Waals surface area contributed by atoms with E-state index in [2.05, 4.69) is 16.0 Å². The van der Waals surface area contributed by atoms with Gasteiger partial charge in [0.15, 0.2) is 5.76 Å². The number of nitrogens with one attached hydrogen (secondary N) is 3. The summed E-state index contributed by atoms with van der Waals surface area (Å²) < 4.78 is 48.3. The van der Waals surface area contributed by atoms with Gasteiger partial charge in [0.05, 0.1) is 22.5 Å². The Kier molecular flexibility index (Phi) is 8.03. The van der Waals surface area contributed by atoms with Gasteiger partial charge in [-0.3, -0.25) is 4.79 Å². The zero-order valence-corrected chi connectivity index (χ0v) is 18.1. The summed E-state index contributed by atoms with van der Waals surface area (Å²) >= 11 is 6.14. The van der Waals surface area contributed by atoms with Gasteiger partial charge in [0.25, 0.3) is 5.91 Å². The molecule has 3 aromatic rings. The van der Waals surface area contributed by atoms with Crippen LogP contribution in [0.25, 0.3) is 0 Å². The lowest BCUT2D eigenvalue weighted by molar-refractivity contribution is -0.137. The second-order valence-corrected chi connectivity index (χ2v) is 7.36. The molecule has 0 aliphatic heterocycles. The van der Waals surface area contributed by atoms with Crippen LogP contribution in [0.15, 0.2) is 65.3 Å². The molecule has 12 heteroatoms. The smallest absolute Gasteiger partial charge is 0.416 e. The predicted molar refractivity (Wildman–Crippen MR) is 118 cm³/mol. The van der Waals surface area contributed by atoms with Crippen LogP contribution in [0.3, 0.4) is 0 Å². The van der Waals surface area contributed by atoms with Crippen molar-refractivity contribution >= 4 is 34.9 Å². The number of carbonyl (C=O) groups is 2. The van der Waals surface area contributed by atoms with E-state index in [-0.39, 0.29) is 29.7 Å². The summed E-state index contributed by atoms with van der Waals surface area (Å²) in [5, 5.41) is 17.6. The van der Waals surface area contributed by atoms with Gasteiger partial charge in [-0.25, -0.2) is 4.79 Å². The minimum Gasteiger partial charge on any atom is -0.491 e. The Morgan fingerprint density at radius 3 is 2.56 bits per heavy atom. The third kappa shape index (κ3) is 7.15. The monoisotopic (exact) mass is 497 g/mol. The van der Waals surface area contributed by atoms with Crippen LogP contribution >= 0.6 is 11.6 Å². The molecule has 1 unspecified atom stereocenters. The lowest BCUT2D eigenvalue weighted by atomic mass is 10.2. The van der Waals surface area contributed by atoms with Crippen molar-refractivity contribution in [3.8, 4) is 5.75 Å². The van der Waals surface area contributed by atoms with E-state index >= 15 is 0 Å². The van der Waals surface area contributed by atoms with Crippen molar-refractivity contribution in [3.63, 3.8) is 0 Å². The molecule has 0 saturated heterocycles. The molecule has 34 heavy (non-hydrogen) atoms. The lowest BCUT2D eigenvalue weighted by Gasteiger charge is -2.15. The summed E-state index contributed by atoms with van der Waals surface area (Å²) in [6, 6.07) is 11.0. The van der Waals surface area contributed by atoms with E-state index in [4.69, 9.17) is 20.8 Å². The van der Waals surface area contributed by atoms with Gasteiger partial charge in [-0.1, -0.05) is 17.7 Å². The van der Waals surface area contributed by atoms with Crippen LogP contribution in [0.5, 0.6) is 5.75 Å². The molecule has 4 N–H and O–H groups in total. The highest BCUT2D eigenvalue weighted by Crippen LogP contribution is 2.31. The first-order valence-electron chi connectivity index (χ1n) is 9.79. The number of carbonyl (C=O) groups excluding carboxylic acids is 2. The number of rotatable bonds is 8. The first-order chi connectivity index (χ1) is 16.1. The molecular weight excluding hydrogens is 479 g/mol. The van der Waals surface area contributed by atoms with Gasteiger partial charge in [-0.2, -0.15) is 13.2 Å². The van der Waals surface area contributed by atoms with Crippen LogP contribution in [-0.4, -0.2) is 36.3 Å². The molecular formula is C22H19ClF3N3O5. The molecule has 0 aliphatic rings. The van der Waals surface area contributed by atoms with Gasteiger partial charge in [0, 0.05) is 12.2 Å². The first kappa shape index (κ1) is 24.9. The molecule has 0 aliphatic carbocycles. The molecule has 0 bridgehead atoms. The Morgan fingerprint density at radius 1 is 1.09 bits per heavy atom. The van der Waals surface area contributed by atoms with Crippen LogP contribution in [0.1, 0.15) is 16.1 Å². The average molecular weight is 498 g/mol. The standard InChI is InChI=1S/C22H19ClF3N3O5/c23-17-10-14(6-7-18(17)29-20(31)19-5-2-8-33-19)28-21(32)27-11-15(30)12-34-16-4-1-3-13(9-16)22(24,25)26/h1-10,15,30H,11-12H2,(H,29,31)(H2,27,28,32). The van der Waals surface area contributed by atoms with E-state index in [1.165, 1.54) is 42.7 Å². The molecule has 2 aromatic carbocycles. The second-order valence-electron chi connectivity index (χ2n) is 6.95. The summed E-state index contributed by atoms with van der Waals surface area (Å²) in [7, 11) is 0. The summed E-state index contributed by atoms with van der Waals surface area (Å²) in [5.74, 6) is -0.452. The maximum absolute atomic E-state index is 12.7. The fourth-order valence-corrected chi connectivity index (χ4v) is 2.91. The van der Waals surface area contributed by atoms with Crippen molar-refractivity contribution in [1.82, 2.24) is 5.32 Å². The number of ether oxygens (including phenoxy) is 1. The number of aliphatic hydroxyl groups excluding tert-OH is 1. The Hall–Kier alpha value is -3.70.